The van der Waals surface area contributed by atoms with Crippen LogP contribution in [0.4, 0.5) is 10.5 Å². The molecule has 0 radical (unpaired) electrons. The van der Waals surface area contributed by atoms with Crippen LogP contribution in [0.3, 0.4) is 0 Å². The number of benzene rings is 2. The van der Waals surface area contributed by atoms with Crippen molar-refractivity contribution in [1.82, 2.24) is 10.3 Å². The summed E-state index contributed by atoms with van der Waals surface area (Å²) in [5.41, 5.74) is 2.53. The van der Waals surface area contributed by atoms with Crippen LogP contribution in [0, 0.1) is 0 Å². The number of thiazole rings is 1. The molecule has 1 heterocycles. The Morgan fingerprint density at radius 3 is 2.70 bits per heavy atom. The van der Waals surface area contributed by atoms with Crippen molar-refractivity contribution in [3.05, 3.63) is 59.6 Å². The van der Waals surface area contributed by atoms with E-state index < -0.39 is 0 Å². The minimum absolute atomic E-state index is 0.243. The van der Waals surface area contributed by atoms with Crippen LogP contribution in [-0.2, 0) is 0 Å². The topological polar surface area (TPSA) is 72.5 Å². The van der Waals surface area contributed by atoms with Gasteiger partial charge < -0.3 is 20.1 Å². The van der Waals surface area contributed by atoms with Crippen molar-refractivity contribution < 1.29 is 14.3 Å². The number of anilines is 1. The van der Waals surface area contributed by atoms with Gasteiger partial charge in [0.05, 0.1) is 20.3 Å². The summed E-state index contributed by atoms with van der Waals surface area (Å²) in [6.07, 6.45) is 1.76. The Morgan fingerprint density at radius 2 is 2.00 bits per heavy atom. The highest BCUT2D eigenvalue weighted by Gasteiger charge is 2.15. The van der Waals surface area contributed by atoms with Gasteiger partial charge in [-0.3, -0.25) is 0 Å². The molecule has 3 rings (SSSR count). The fourth-order valence-electron chi connectivity index (χ4n) is 2.71. The van der Waals surface area contributed by atoms with Gasteiger partial charge in [0.15, 0.2) is 0 Å². The molecule has 0 bridgehead atoms. The zero-order valence-electron chi connectivity index (χ0n) is 15.4. The van der Waals surface area contributed by atoms with Crippen LogP contribution >= 0.6 is 11.3 Å². The lowest BCUT2D eigenvalue weighted by molar-refractivity contribution is 0.249. The second-order valence-electron chi connectivity index (χ2n) is 5.85. The van der Waals surface area contributed by atoms with Crippen molar-refractivity contribution >= 4 is 23.1 Å². The van der Waals surface area contributed by atoms with Crippen molar-refractivity contribution in [3.63, 3.8) is 0 Å². The lowest BCUT2D eigenvalue weighted by atomic mass is 10.1. The van der Waals surface area contributed by atoms with Gasteiger partial charge in [0.25, 0.3) is 0 Å². The molecule has 6 nitrogen and oxygen atoms in total. The van der Waals surface area contributed by atoms with Gasteiger partial charge in [-0.05, 0) is 31.2 Å². The molecule has 0 aliphatic rings. The molecule has 1 unspecified atom stereocenters. The van der Waals surface area contributed by atoms with Crippen LogP contribution < -0.4 is 20.1 Å². The number of amides is 2. The Labute approximate surface area is 162 Å². The van der Waals surface area contributed by atoms with Crippen molar-refractivity contribution in [1.29, 1.82) is 0 Å². The molecule has 2 amide bonds. The number of hydrogen-bond donors (Lipinski definition) is 2. The summed E-state index contributed by atoms with van der Waals surface area (Å²) >= 11 is 1.56. The Morgan fingerprint density at radius 1 is 1.15 bits per heavy atom. The van der Waals surface area contributed by atoms with E-state index in [1.165, 1.54) is 0 Å². The van der Waals surface area contributed by atoms with E-state index in [1.807, 2.05) is 48.7 Å². The number of carbonyl (C=O) groups excluding carboxylic acids is 1. The third-order valence-corrected chi connectivity index (χ3v) is 4.88. The number of methoxy groups -OCH3 is 2. The van der Waals surface area contributed by atoms with Crippen LogP contribution in [0.25, 0.3) is 10.6 Å². The van der Waals surface area contributed by atoms with Gasteiger partial charge in [-0.1, -0.05) is 12.1 Å². The van der Waals surface area contributed by atoms with E-state index in [9.17, 15) is 4.79 Å². The normalized spacial score (nSPS) is 11.5. The maximum Gasteiger partial charge on any atom is 0.319 e. The number of carbonyl (C=O) groups is 1. The van der Waals surface area contributed by atoms with Crippen LogP contribution in [0.5, 0.6) is 11.5 Å². The predicted molar refractivity (Wildman–Crippen MR) is 108 cm³/mol. The van der Waals surface area contributed by atoms with Gasteiger partial charge in [0, 0.05) is 34.5 Å². The van der Waals surface area contributed by atoms with Crippen molar-refractivity contribution in [2.24, 2.45) is 0 Å². The van der Waals surface area contributed by atoms with Crippen LogP contribution in [0.1, 0.15) is 18.5 Å². The summed E-state index contributed by atoms with van der Waals surface area (Å²) < 4.78 is 10.6. The average Bonchev–Trinajstić information content (AvgIpc) is 3.22. The molecule has 0 saturated heterocycles. The average molecular weight is 383 g/mol. The standard InChI is InChI=1S/C20H21N3O3S/c1-13(17-8-7-16(25-2)12-18(17)26-3)22-20(24)23-15-6-4-5-14(11-15)19-21-9-10-27-19/h4-13H,1-3H3,(H2,22,23,24). The van der Waals surface area contributed by atoms with E-state index in [4.69, 9.17) is 9.47 Å². The van der Waals surface area contributed by atoms with Crippen molar-refractivity contribution in [2.75, 3.05) is 19.5 Å². The Hall–Kier alpha value is -3.06. The molecule has 140 valence electrons. The number of ether oxygens (including phenoxy) is 2. The number of aromatic nitrogens is 1. The second-order valence-corrected chi connectivity index (χ2v) is 6.74. The minimum Gasteiger partial charge on any atom is -0.497 e. The minimum atomic E-state index is -0.295. The Balaban J connectivity index is 1.68. The molecule has 1 aromatic heterocycles. The predicted octanol–water partition coefficient (Wildman–Crippen LogP) is 4.71. The second kappa shape index (κ2) is 8.55. The fourth-order valence-corrected chi connectivity index (χ4v) is 3.35. The number of nitrogens with zero attached hydrogens (tertiary/aromatic N) is 1. The van der Waals surface area contributed by atoms with E-state index in [-0.39, 0.29) is 12.1 Å². The van der Waals surface area contributed by atoms with Crippen molar-refractivity contribution in [2.45, 2.75) is 13.0 Å². The molecule has 0 aliphatic heterocycles. The van der Waals surface area contributed by atoms with Gasteiger partial charge in [-0.15, -0.1) is 11.3 Å². The molecular weight excluding hydrogens is 362 g/mol. The summed E-state index contributed by atoms with van der Waals surface area (Å²) in [6.45, 7) is 1.90. The first-order chi connectivity index (χ1) is 13.1. The summed E-state index contributed by atoms with van der Waals surface area (Å²) in [5.74, 6) is 1.36. The van der Waals surface area contributed by atoms with Crippen molar-refractivity contribution in [3.8, 4) is 22.1 Å². The molecule has 0 fully saturated rings. The fraction of sp³-hybridized carbons (Fsp3) is 0.200. The molecule has 3 aromatic rings. The van der Waals surface area contributed by atoms with E-state index in [0.717, 1.165) is 16.1 Å². The molecule has 0 aliphatic carbocycles. The Kier molecular flexibility index (Phi) is 5.93. The maximum atomic E-state index is 12.4. The molecule has 0 spiro atoms. The number of rotatable bonds is 6. The van der Waals surface area contributed by atoms with Crippen LogP contribution in [0.2, 0.25) is 0 Å². The largest absolute Gasteiger partial charge is 0.497 e. The third kappa shape index (κ3) is 4.57. The lowest BCUT2D eigenvalue weighted by Gasteiger charge is -2.18. The monoisotopic (exact) mass is 383 g/mol. The van der Waals surface area contributed by atoms with Gasteiger partial charge in [-0.2, -0.15) is 0 Å². The third-order valence-electron chi connectivity index (χ3n) is 4.05. The summed E-state index contributed by atoms with van der Waals surface area (Å²) in [6, 6.07) is 12.6. The maximum absolute atomic E-state index is 12.4. The van der Waals surface area contributed by atoms with Gasteiger partial charge in [0.1, 0.15) is 16.5 Å². The van der Waals surface area contributed by atoms with E-state index >= 15 is 0 Å². The first-order valence-electron chi connectivity index (χ1n) is 8.40. The molecule has 1 atom stereocenters. The lowest BCUT2D eigenvalue weighted by Crippen LogP contribution is -2.31. The zero-order valence-corrected chi connectivity index (χ0v) is 16.2. The highest BCUT2D eigenvalue weighted by atomic mass is 32.1. The van der Waals surface area contributed by atoms with Crippen LogP contribution in [0.15, 0.2) is 54.0 Å². The summed E-state index contributed by atoms with van der Waals surface area (Å²) in [4.78, 5) is 16.7. The molecule has 2 aromatic carbocycles. The van der Waals surface area contributed by atoms with Gasteiger partial charge in [-0.25, -0.2) is 9.78 Å². The van der Waals surface area contributed by atoms with Gasteiger partial charge in [0.2, 0.25) is 0 Å². The number of nitrogens with one attached hydrogen (secondary N) is 2. The van der Waals surface area contributed by atoms with E-state index in [0.29, 0.717) is 17.2 Å². The summed E-state index contributed by atoms with van der Waals surface area (Å²) in [5, 5.41) is 8.63. The first kappa shape index (κ1) is 18.7. The van der Waals surface area contributed by atoms with Crippen LogP contribution in [-0.4, -0.2) is 25.2 Å². The number of urea groups is 1. The quantitative estimate of drug-likeness (QED) is 0.647. The highest BCUT2D eigenvalue weighted by molar-refractivity contribution is 7.13. The Bertz CT molecular complexity index is 913. The molecule has 27 heavy (non-hydrogen) atoms. The van der Waals surface area contributed by atoms with E-state index in [2.05, 4.69) is 15.6 Å². The molecule has 0 saturated carbocycles. The smallest absolute Gasteiger partial charge is 0.319 e. The molecule has 2 N–H and O–H groups in total. The first-order valence-corrected chi connectivity index (χ1v) is 9.28. The molecule has 7 heteroatoms. The highest BCUT2D eigenvalue weighted by Crippen LogP contribution is 2.29. The van der Waals surface area contributed by atoms with E-state index in [1.54, 1.807) is 37.8 Å². The zero-order chi connectivity index (χ0) is 19.2. The summed E-state index contributed by atoms with van der Waals surface area (Å²) in [7, 11) is 3.19. The number of hydrogen-bond acceptors (Lipinski definition) is 5. The SMILES string of the molecule is COc1ccc(C(C)NC(=O)Nc2cccc(-c3nccs3)c2)c(OC)c1. The molecular formula is C20H21N3O3S. The van der Waals surface area contributed by atoms with Gasteiger partial charge >= 0.3 is 6.03 Å².